The lowest BCUT2D eigenvalue weighted by Gasteiger charge is -2.42. The fourth-order valence-corrected chi connectivity index (χ4v) is 4.10. The Morgan fingerprint density at radius 2 is 2.13 bits per heavy atom. The molecule has 2 aliphatic rings. The molecule has 128 valence electrons. The molecule has 0 unspecified atom stereocenters. The van der Waals surface area contributed by atoms with Crippen molar-refractivity contribution in [3.63, 3.8) is 0 Å². The van der Waals surface area contributed by atoms with Crippen LogP contribution in [-0.2, 0) is 11.3 Å². The molecular formula is C18H29N3O2. The van der Waals surface area contributed by atoms with Crippen molar-refractivity contribution in [2.24, 2.45) is 0 Å². The molecule has 0 bridgehead atoms. The maximum atomic E-state index is 12.1. The van der Waals surface area contributed by atoms with E-state index in [1.165, 1.54) is 24.9 Å². The second-order valence-electron chi connectivity index (χ2n) is 7.02. The summed E-state index contributed by atoms with van der Waals surface area (Å²) in [4.78, 5) is 20.5. The topological polar surface area (TPSA) is 48.6 Å². The molecule has 2 fully saturated rings. The number of fused-ring (bicyclic) bond motifs is 1. The van der Waals surface area contributed by atoms with Crippen LogP contribution in [0.3, 0.4) is 0 Å². The third-order valence-electron chi connectivity index (χ3n) is 5.50. The molecule has 5 heteroatoms. The number of aromatic amines is 1. The highest BCUT2D eigenvalue weighted by Gasteiger charge is 2.34. The Hall–Kier alpha value is -1.33. The largest absolute Gasteiger partial charge is 0.461 e. The van der Waals surface area contributed by atoms with E-state index in [1.807, 2.05) is 13.8 Å². The van der Waals surface area contributed by atoms with Gasteiger partial charge in [0.2, 0.25) is 0 Å². The Kier molecular flexibility index (Phi) is 4.78. The summed E-state index contributed by atoms with van der Waals surface area (Å²) < 4.78 is 5.15. The number of rotatable bonds is 4. The summed E-state index contributed by atoms with van der Waals surface area (Å²) in [6.45, 7) is 13.1. The van der Waals surface area contributed by atoms with Crippen LogP contribution in [0.15, 0.2) is 0 Å². The number of H-pyrrole nitrogens is 1. The fourth-order valence-electron chi connectivity index (χ4n) is 4.10. The highest BCUT2D eigenvalue weighted by molar-refractivity contribution is 5.89. The Morgan fingerprint density at radius 1 is 1.35 bits per heavy atom. The number of piperazine rings is 1. The molecule has 0 amide bonds. The molecule has 2 saturated heterocycles. The summed E-state index contributed by atoms with van der Waals surface area (Å²) in [5, 5.41) is 0. The van der Waals surface area contributed by atoms with Gasteiger partial charge >= 0.3 is 5.97 Å². The van der Waals surface area contributed by atoms with E-state index in [0.717, 1.165) is 36.9 Å². The first-order valence-corrected chi connectivity index (χ1v) is 8.84. The van der Waals surface area contributed by atoms with E-state index < -0.39 is 0 Å². The van der Waals surface area contributed by atoms with Gasteiger partial charge in [-0.15, -0.1) is 0 Å². The van der Waals surface area contributed by atoms with Crippen LogP contribution in [0.5, 0.6) is 0 Å². The number of nitrogens with one attached hydrogen (secondary N) is 1. The average Bonchev–Trinajstić information content (AvgIpc) is 3.06. The molecule has 3 rings (SSSR count). The molecule has 0 aliphatic carbocycles. The molecule has 1 aromatic rings. The minimum Gasteiger partial charge on any atom is -0.461 e. The van der Waals surface area contributed by atoms with Gasteiger partial charge in [-0.25, -0.2) is 4.79 Å². The molecule has 2 atom stereocenters. The normalized spacial score (nSPS) is 25.6. The Bertz CT molecular complexity index is 581. The number of carbonyl (C=O) groups excluding carboxylic acids is 1. The van der Waals surface area contributed by atoms with Gasteiger partial charge in [-0.3, -0.25) is 9.80 Å². The Morgan fingerprint density at radius 3 is 2.87 bits per heavy atom. The van der Waals surface area contributed by atoms with Crippen molar-refractivity contribution in [1.29, 1.82) is 0 Å². The first kappa shape index (κ1) is 16.5. The van der Waals surface area contributed by atoms with E-state index in [4.69, 9.17) is 4.74 Å². The Labute approximate surface area is 139 Å². The van der Waals surface area contributed by atoms with Crippen LogP contribution in [0.2, 0.25) is 0 Å². The van der Waals surface area contributed by atoms with Crippen molar-refractivity contribution >= 4 is 5.97 Å². The number of hydrogen-bond donors (Lipinski definition) is 1. The highest BCUT2D eigenvalue weighted by atomic mass is 16.5. The van der Waals surface area contributed by atoms with Crippen molar-refractivity contribution in [2.75, 3.05) is 26.2 Å². The maximum absolute atomic E-state index is 12.1. The zero-order valence-corrected chi connectivity index (χ0v) is 14.8. The van der Waals surface area contributed by atoms with Crippen LogP contribution in [0, 0.1) is 13.8 Å². The van der Waals surface area contributed by atoms with E-state index in [9.17, 15) is 4.79 Å². The lowest BCUT2D eigenvalue weighted by atomic mass is 10.0. The first-order valence-electron chi connectivity index (χ1n) is 8.84. The smallest absolute Gasteiger partial charge is 0.355 e. The predicted octanol–water partition coefficient (Wildman–Crippen LogP) is 2.48. The summed E-state index contributed by atoms with van der Waals surface area (Å²) >= 11 is 0. The predicted molar refractivity (Wildman–Crippen MR) is 90.7 cm³/mol. The minimum atomic E-state index is -0.243. The number of aryl methyl sites for hydroxylation is 1. The molecule has 5 nitrogen and oxygen atoms in total. The monoisotopic (exact) mass is 319 g/mol. The maximum Gasteiger partial charge on any atom is 0.355 e. The van der Waals surface area contributed by atoms with Crippen LogP contribution in [0.4, 0.5) is 0 Å². The molecule has 1 aromatic heterocycles. The summed E-state index contributed by atoms with van der Waals surface area (Å²) in [5.74, 6) is -0.243. The second-order valence-corrected chi connectivity index (χ2v) is 7.02. The summed E-state index contributed by atoms with van der Waals surface area (Å²) in [7, 11) is 0. The lowest BCUT2D eigenvalue weighted by Crippen LogP contribution is -2.54. The van der Waals surface area contributed by atoms with Crippen molar-refractivity contribution in [2.45, 2.75) is 59.2 Å². The quantitative estimate of drug-likeness (QED) is 0.866. The third-order valence-corrected chi connectivity index (χ3v) is 5.50. The van der Waals surface area contributed by atoms with Crippen molar-refractivity contribution < 1.29 is 9.53 Å². The minimum absolute atomic E-state index is 0.243. The molecule has 0 radical (unpaired) electrons. The van der Waals surface area contributed by atoms with Gasteiger partial charge in [-0.05, 0) is 58.2 Å². The second kappa shape index (κ2) is 6.65. The third kappa shape index (κ3) is 3.17. The van der Waals surface area contributed by atoms with Gasteiger partial charge in [0.15, 0.2) is 0 Å². The lowest BCUT2D eigenvalue weighted by molar-refractivity contribution is 0.0516. The van der Waals surface area contributed by atoms with Gasteiger partial charge in [0.25, 0.3) is 0 Å². The number of nitrogens with zero attached hydrogens (tertiary/aromatic N) is 2. The molecule has 0 saturated carbocycles. The van der Waals surface area contributed by atoms with Gasteiger partial charge in [0, 0.05) is 37.4 Å². The van der Waals surface area contributed by atoms with Crippen molar-refractivity contribution in [1.82, 2.24) is 14.8 Å². The standard InChI is InChI=1S/C18H29N3O2/c1-5-23-18(22)17-13(3)16(14(4)19-17)11-21-10-15-7-6-8-20(15)9-12(21)2/h12,15,19H,5-11H2,1-4H3/t12-,15+/m1/s1. The Balaban J connectivity index is 1.76. The summed E-state index contributed by atoms with van der Waals surface area (Å²) in [6.07, 6.45) is 2.66. The summed E-state index contributed by atoms with van der Waals surface area (Å²) in [6, 6.07) is 1.28. The number of hydrogen-bond acceptors (Lipinski definition) is 4. The van der Waals surface area contributed by atoms with E-state index in [1.54, 1.807) is 0 Å². The number of carbonyl (C=O) groups is 1. The average molecular weight is 319 g/mol. The number of esters is 1. The SMILES string of the molecule is CCOC(=O)c1[nH]c(C)c(CN2C[C@@H]3CCCN3C[C@H]2C)c1C. The van der Waals surface area contributed by atoms with Gasteiger partial charge in [0.1, 0.15) is 5.69 Å². The molecule has 23 heavy (non-hydrogen) atoms. The molecule has 3 heterocycles. The fraction of sp³-hybridized carbons (Fsp3) is 0.722. The zero-order chi connectivity index (χ0) is 16.6. The summed E-state index contributed by atoms with van der Waals surface area (Å²) in [5.41, 5.74) is 4.01. The van der Waals surface area contributed by atoms with Crippen LogP contribution in [0.1, 0.15) is 54.0 Å². The highest BCUT2D eigenvalue weighted by Crippen LogP contribution is 2.28. The van der Waals surface area contributed by atoms with Gasteiger partial charge < -0.3 is 9.72 Å². The van der Waals surface area contributed by atoms with Crippen LogP contribution in [-0.4, -0.2) is 59.1 Å². The molecular weight excluding hydrogens is 290 g/mol. The van der Waals surface area contributed by atoms with E-state index in [2.05, 4.69) is 28.6 Å². The molecule has 0 spiro atoms. The number of ether oxygens (including phenoxy) is 1. The van der Waals surface area contributed by atoms with Crippen LogP contribution < -0.4 is 0 Å². The molecule has 0 aromatic carbocycles. The van der Waals surface area contributed by atoms with Crippen molar-refractivity contribution in [3.05, 3.63) is 22.5 Å². The van der Waals surface area contributed by atoms with Crippen molar-refractivity contribution in [3.8, 4) is 0 Å². The molecule has 1 N–H and O–H groups in total. The van der Waals surface area contributed by atoms with E-state index in [-0.39, 0.29) is 5.97 Å². The molecule has 2 aliphatic heterocycles. The van der Waals surface area contributed by atoms with Gasteiger partial charge in [-0.2, -0.15) is 0 Å². The van der Waals surface area contributed by atoms with E-state index >= 15 is 0 Å². The van der Waals surface area contributed by atoms with Crippen LogP contribution in [0.25, 0.3) is 0 Å². The number of aromatic nitrogens is 1. The van der Waals surface area contributed by atoms with Crippen LogP contribution >= 0.6 is 0 Å². The first-order chi connectivity index (χ1) is 11.0. The van der Waals surface area contributed by atoms with Gasteiger partial charge in [0.05, 0.1) is 6.61 Å². The zero-order valence-electron chi connectivity index (χ0n) is 14.8. The van der Waals surface area contributed by atoms with Gasteiger partial charge in [-0.1, -0.05) is 0 Å². The van der Waals surface area contributed by atoms with E-state index in [0.29, 0.717) is 18.3 Å².